The van der Waals surface area contributed by atoms with E-state index in [4.69, 9.17) is 21.7 Å². The number of unbranched alkanes of at least 4 members (excludes halogenated alkanes) is 1. The third-order valence-corrected chi connectivity index (χ3v) is 5.29. The van der Waals surface area contributed by atoms with Crippen LogP contribution in [0.3, 0.4) is 0 Å². The molecule has 158 valence electrons. The minimum absolute atomic E-state index is 0.0130. The lowest BCUT2D eigenvalue weighted by Gasteiger charge is -2.16. The first-order valence-electron chi connectivity index (χ1n) is 10.0. The molecular weight excluding hydrogens is 392 g/mol. The summed E-state index contributed by atoms with van der Waals surface area (Å²) in [7, 11) is 2.06. The van der Waals surface area contributed by atoms with Crippen LogP contribution >= 0.6 is 12.2 Å². The van der Waals surface area contributed by atoms with Crippen molar-refractivity contribution in [3.8, 4) is 11.5 Å². The third kappa shape index (κ3) is 5.36. The van der Waals surface area contributed by atoms with Gasteiger partial charge in [-0.05, 0) is 44.7 Å². The third-order valence-electron chi connectivity index (χ3n) is 4.97. The highest BCUT2D eigenvalue weighted by atomic mass is 32.1. The summed E-state index contributed by atoms with van der Waals surface area (Å²) >= 11 is 5.34. The molecule has 9 heteroatoms. The summed E-state index contributed by atoms with van der Waals surface area (Å²) in [5.74, 6) is 1.13. The Morgan fingerprint density at radius 1 is 1.28 bits per heavy atom. The molecule has 1 aliphatic heterocycles. The van der Waals surface area contributed by atoms with Crippen LogP contribution < -0.4 is 20.3 Å². The molecule has 2 N–H and O–H groups in total. The summed E-state index contributed by atoms with van der Waals surface area (Å²) in [4.78, 5) is 30.2. The van der Waals surface area contributed by atoms with Crippen LogP contribution in [0.5, 0.6) is 11.5 Å². The number of H-pyrrole nitrogens is 1. The molecule has 1 amide bonds. The fraction of sp³-hybridized carbons (Fsp3) is 0.550. The first kappa shape index (κ1) is 21.3. The van der Waals surface area contributed by atoms with Gasteiger partial charge in [0.15, 0.2) is 16.3 Å². The Morgan fingerprint density at radius 2 is 2.03 bits per heavy atom. The number of amides is 1. The van der Waals surface area contributed by atoms with Crippen molar-refractivity contribution in [1.29, 1.82) is 0 Å². The van der Waals surface area contributed by atoms with Gasteiger partial charge in [-0.15, -0.1) is 0 Å². The molecule has 8 nitrogen and oxygen atoms in total. The van der Waals surface area contributed by atoms with Crippen LogP contribution in [0.25, 0.3) is 10.9 Å². The molecule has 0 spiro atoms. The van der Waals surface area contributed by atoms with Gasteiger partial charge < -0.3 is 24.7 Å². The molecule has 0 fully saturated rings. The number of rotatable bonds is 10. The van der Waals surface area contributed by atoms with Crippen molar-refractivity contribution in [2.45, 2.75) is 39.2 Å². The van der Waals surface area contributed by atoms with E-state index < -0.39 is 0 Å². The lowest BCUT2D eigenvalue weighted by atomic mass is 10.2. The molecule has 1 aromatic heterocycles. The number of hydrogen-bond acceptors (Lipinski definition) is 6. The van der Waals surface area contributed by atoms with Gasteiger partial charge in [0.25, 0.3) is 5.56 Å². The fourth-order valence-corrected chi connectivity index (χ4v) is 3.54. The maximum Gasteiger partial charge on any atom is 0.262 e. The lowest BCUT2D eigenvalue weighted by Crippen LogP contribution is -2.33. The molecule has 2 aromatic rings. The second kappa shape index (κ2) is 9.89. The normalized spacial score (nSPS) is 12.7. The maximum atomic E-state index is 12.8. The van der Waals surface area contributed by atoms with Crippen LogP contribution in [0.2, 0.25) is 0 Å². The highest BCUT2D eigenvalue weighted by Crippen LogP contribution is 2.34. The number of fused-ring (bicyclic) bond motifs is 2. The number of aromatic nitrogens is 2. The smallest absolute Gasteiger partial charge is 0.262 e. The standard InChI is InChI=1S/C20H28N4O4S/c1-3-4-8-23(2)10-7-21-18(25)6-5-9-24-19(26)14-11-16-17(28-13-27-16)12-15(14)22-20(24)29/h11-12H,3-10,13H2,1-2H3,(H,21,25)(H,22,29). The second-order valence-electron chi connectivity index (χ2n) is 7.25. The van der Waals surface area contributed by atoms with Gasteiger partial charge in [0.2, 0.25) is 12.7 Å². The van der Waals surface area contributed by atoms with Crippen molar-refractivity contribution < 1.29 is 14.3 Å². The van der Waals surface area contributed by atoms with E-state index in [1.165, 1.54) is 4.57 Å². The first-order chi connectivity index (χ1) is 14.0. The Bertz CT molecular complexity index is 985. The molecule has 0 saturated carbocycles. The van der Waals surface area contributed by atoms with E-state index in [2.05, 4.69) is 29.2 Å². The minimum atomic E-state index is -0.194. The summed E-state index contributed by atoms with van der Waals surface area (Å²) in [6.45, 7) is 5.18. The monoisotopic (exact) mass is 420 g/mol. The van der Waals surface area contributed by atoms with Crippen LogP contribution in [-0.4, -0.2) is 53.8 Å². The number of hydrogen-bond donors (Lipinski definition) is 2. The van der Waals surface area contributed by atoms with E-state index in [0.29, 0.717) is 53.1 Å². The van der Waals surface area contributed by atoms with E-state index in [9.17, 15) is 9.59 Å². The van der Waals surface area contributed by atoms with Gasteiger partial charge in [-0.2, -0.15) is 0 Å². The van der Waals surface area contributed by atoms with E-state index in [0.717, 1.165) is 25.9 Å². The second-order valence-corrected chi connectivity index (χ2v) is 7.64. The maximum absolute atomic E-state index is 12.8. The molecule has 0 atom stereocenters. The molecule has 2 heterocycles. The Kier molecular flexibility index (Phi) is 7.27. The quantitative estimate of drug-likeness (QED) is 0.574. The number of aromatic amines is 1. The van der Waals surface area contributed by atoms with Crippen LogP contribution in [0.4, 0.5) is 0 Å². The zero-order valence-electron chi connectivity index (χ0n) is 17.0. The molecule has 0 radical (unpaired) electrons. The van der Waals surface area contributed by atoms with Gasteiger partial charge in [-0.3, -0.25) is 14.2 Å². The number of nitrogens with one attached hydrogen (secondary N) is 2. The molecule has 29 heavy (non-hydrogen) atoms. The number of nitrogens with zero attached hydrogens (tertiary/aromatic N) is 2. The van der Waals surface area contributed by atoms with Crippen LogP contribution in [0, 0.1) is 4.77 Å². The molecule has 0 aliphatic carbocycles. The minimum Gasteiger partial charge on any atom is -0.454 e. The summed E-state index contributed by atoms with van der Waals surface area (Å²) in [5.41, 5.74) is 0.422. The largest absolute Gasteiger partial charge is 0.454 e. The topological polar surface area (TPSA) is 88.6 Å². The van der Waals surface area contributed by atoms with Gasteiger partial charge in [0.05, 0.1) is 10.9 Å². The van der Waals surface area contributed by atoms with Crippen LogP contribution in [0.1, 0.15) is 32.6 Å². The van der Waals surface area contributed by atoms with E-state index >= 15 is 0 Å². The molecule has 0 bridgehead atoms. The average molecular weight is 421 g/mol. The van der Waals surface area contributed by atoms with Crippen molar-refractivity contribution in [2.24, 2.45) is 0 Å². The van der Waals surface area contributed by atoms with Gasteiger partial charge in [-0.1, -0.05) is 13.3 Å². The predicted octanol–water partition coefficient (Wildman–Crippen LogP) is 2.42. The fourth-order valence-electron chi connectivity index (χ4n) is 3.26. The van der Waals surface area contributed by atoms with Gasteiger partial charge >= 0.3 is 0 Å². The molecule has 3 rings (SSSR count). The van der Waals surface area contributed by atoms with E-state index in [1.54, 1.807) is 12.1 Å². The van der Waals surface area contributed by atoms with Crippen LogP contribution in [0.15, 0.2) is 16.9 Å². The number of carbonyl (C=O) groups is 1. The van der Waals surface area contributed by atoms with Crippen molar-refractivity contribution in [3.05, 3.63) is 27.3 Å². The Balaban J connectivity index is 1.54. The van der Waals surface area contributed by atoms with E-state index in [1.807, 2.05) is 0 Å². The number of carbonyl (C=O) groups excluding carboxylic acids is 1. The number of likely N-dealkylation sites (N-methyl/N-ethyl adjacent to an activating group) is 1. The summed E-state index contributed by atoms with van der Waals surface area (Å²) in [6.07, 6.45) is 3.20. The highest BCUT2D eigenvalue weighted by Gasteiger charge is 2.17. The molecule has 1 aliphatic rings. The first-order valence-corrected chi connectivity index (χ1v) is 10.4. The van der Waals surface area contributed by atoms with Gasteiger partial charge in [0.1, 0.15) is 0 Å². The van der Waals surface area contributed by atoms with Gasteiger partial charge in [-0.25, -0.2) is 0 Å². The summed E-state index contributed by atoms with van der Waals surface area (Å²) in [6, 6.07) is 3.40. The average Bonchev–Trinajstić information content (AvgIpc) is 3.15. The van der Waals surface area contributed by atoms with Crippen molar-refractivity contribution in [2.75, 3.05) is 33.5 Å². The molecular formula is C20H28N4O4S. The van der Waals surface area contributed by atoms with Crippen LogP contribution in [-0.2, 0) is 11.3 Å². The highest BCUT2D eigenvalue weighted by molar-refractivity contribution is 7.71. The zero-order chi connectivity index (χ0) is 20.8. The summed E-state index contributed by atoms with van der Waals surface area (Å²) < 4.78 is 12.5. The predicted molar refractivity (Wildman–Crippen MR) is 114 cm³/mol. The number of ether oxygens (including phenoxy) is 2. The Morgan fingerprint density at radius 3 is 2.79 bits per heavy atom. The van der Waals surface area contributed by atoms with Crippen molar-refractivity contribution in [3.63, 3.8) is 0 Å². The van der Waals surface area contributed by atoms with E-state index in [-0.39, 0.29) is 18.3 Å². The summed E-state index contributed by atoms with van der Waals surface area (Å²) in [5, 5.41) is 3.42. The Hall–Kier alpha value is -2.39. The van der Waals surface area contributed by atoms with Gasteiger partial charge in [0, 0.05) is 32.1 Å². The van der Waals surface area contributed by atoms with Crippen molar-refractivity contribution >= 4 is 29.0 Å². The molecule has 1 aromatic carbocycles. The SMILES string of the molecule is CCCCN(C)CCNC(=O)CCCn1c(=S)[nH]c2cc3c(cc2c1=O)OCO3. The van der Waals surface area contributed by atoms with Crippen molar-refractivity contribution in [1.82, 2.24) is 19.8 Å². The lowest BCUT2D eigenvalue weighted by molar-refractivity contribution is -0.121. The molecule has 0 saturated heterocycles. The number of benzene rings is 1. The zero-order valence-corrected chi connectivity index (χ0v) is 17.8. The molecule has 0 unspecified atom stereocenters. The Labute approximate surface area is 174 Å².